The molecule has 0 atom stereocenters. The molecule has 1 heterocycles. The average Bonchev–Trinajstić information content (AvgIpc) is 2.53. The van der Waals surface area contributed by atoms with Crippen molar-refractivity contribution in [3.8, 4) is 11.8 Å². The van der Waals surface area contributed by atoms with E-state index < -0.39 is 9.84 Å². The van der Waals surface area contributed by atoms with Gasteiger partial charge in [0.2, 0.25) is 0 Å². The number of hydrogen-bond acceptors (Lipinski definition) is 5. The summed E-state index contributed by atoms with van der Waals surface area (Å²) in [5, 5.41) is 8.91. The highest BCUT2D eigenvalue weighted by atomic mass is 32.2. The number of pyridine rings is 1. The predicted molar refractivity (Wildman–Crippen MR) is 90.8 cm³/mol. The van der Waals surface area contributed by atoms with Crippen molar-refractivity contribution in [2.75, 3.05) is 18.6 Å². The Kier molecular flexibility index (Phi) is 5.77. The summed E-state index contributed by atoms with van der Waals surface area (Å²) in [5.41, 5.74) is 1.09. The number of benzene rings is 1. The maximum absolute atomic E-state index is 11.8. The lowest BCUT2D eigenvalue weighted by Gasteiger charge is -2.09. The molecule has 0 aliphatic heterocycles. The molecule has 0 bridgehead atoms. The largest absolute Gasteiger partial charge is 0.494 e. The van der Waals surface area contributed by atoms with Crippen LogP contribution >= 0.6 is 0 Å². The van der Waals surface area contributed by atoms with Gasteiger partial charge in [-0.2, -0.15) is 5.26 Å². The van der Waals surface area contributed by atoms with Gasteiger partial charge < -0.3 is 9.30 Å². The van der Waals surface area contributed by atoms with Crippen LogP contribution in [0.15, 0.2) is 47.4 Å². The molecule has 0 amide bonds. The summed E-state index contributed by atoms with van der Waals surface area (Å²) in [4.78, 5) is 11.8. The van der Waals surface area contributed by atoms with E-state index >= 15 is 0 Å². The molecule has 6 nitrogen and oxygen atoms in total. The first-order chi connectivity index (χ1) is 11.4. The van der Waals surface area contributed by atoms with Gasteiger partial charge in [0.15, 0.2) is 0 Å². The summed E-state index contributed by atoms with van der Waals surface area (Å²) < 4.78 is 29.2. The fourth-order valence-electron chi connectivity index (χ4n) is 2.16. The van der Waals surface area contributed by atoms with Gasteiger partial charge in [-0.05, 0) is 30.2 Å². The highest BCUT2D eigenvalue weighted by molar-refractivity contribution is 7.90. The van der Waals surface area contributed by atoms with E-state index in [4.69, 9.17) is 10.00 Å². The Bertz CT molecular complexity index is 911. The maximum Gasteiger partial charge on any atom is 0.250 e. The minimum absolute atomic E-state index is 0.0863. The van der Waals surface area contributed by atoms with Gasteiger partial charge in [-0.3, -0.25) is 4.79 Å². The van der Waals surface area contributed by atoms with E-state index in [1.165, 1.54) is 29.2 Å². The van der Waals surface area contributed by atoms with Crippen LogP contribution in [0.25, 0.3) is 0 Å². The van der Waals surface area contributed by atoms with Gasteiger partial charge in [0.1, 0.15) is 21.7 Å². The van der Waals surface area contributed by atoms with Gasteiger partial charge in [-0.15, -0.1) is 0 Å². The second-order valence-corrected chi connectivity index (χ2v) is 7.73. The molecule has 1 aromatic heterocycles. The number of ether oxygens (including phenoxy) is 1. The predicted octanol–water partition coefficient (Wildman–Crippen LogP) is 1.58. The molecule has 7 heteroatoms. The summed E-state index contributed by atoms with van der Waals surface area (Å²) in [7, 11) is -2.98. The first kappa shape index (κ1) is 17.8. The van der Waals surface area contributed by atoms with Crippen LogP contribution < -0.4 is 10.3 Å². The van der Waals surface area contributed by atoms with E-state index in [1.54, 1.807) is 18.2 Å². The Labute approximate surface area is 140 Å². The molecule has 1 aromatic carbocycles. The number of rotatable bonds is 7. The van der Waals surface area contributed by atoms with Gasteiger partial charge in [0.05, 0.1) is 24.5 Å². The third-order valence-corrected chi connectivity index (χ3v) is 4.32. The number of sulfone groups is 1. The molecule has 0 fully saturated rings. The Morgan fingerprint density at radius 1 is 1.25 bits per heavy atom. The van der Waals surface area contributed by atoms with Crippen molar-refractivity contribution in [3.05, 3.63) is 64.1 Å². The number of nitrogens with zero attached hydrogens (tertiary/aromatic N) is 2. The molecule has 126 valence electrons. The second kappa shape index (κ2) is 7.79. The van der Waals surface area contributed by atoms with Crippen LogP contribution in [0.1, 0.15) is 17.5 Å². The van der Waals surface area contributed by atoms with Gasteiger partial charge in [-0.25, -0.2) is 8.42 Å². The van der Waals surface area contributed by atoms with E-state index in [1.807, 2.05) is 12.1 Å². The third-order valence-electron chi connectivity index (χ3n) is 3.29. The van der Waals surface area contributed by atoms with Gasteiger partial charge in [-0.1, -0.05) is 12.1 Å². The molecular formula is C17H18N2O4S. The van der Waals surface area contributed by atoms with Crippen molar-refractivity contribution >= 4 is 9.84 Å². The zero-order chi connectivity index (χ0) is 17.6. The van der Waals surface area contributed by atoms with E-state index in [0.717, 1.165) is 5.56 Å². The molecule has 24 heavy (non-hydrogen) atoms. The topological polar surface area (TPSA) is 89.2 Å². The molecule has 0 N–H and O–H groups in total. The molecule has 0 spiro atoms. The Hall–Kier alpha value is -2.59. The minimum atomic E-state index is -2.98. The van der Waals surface area contributed by atoms with Crippen LogP contribution in [0.2, 0.25) is 0 Å². The number of hydrogen-bond donors (Lipinski definition) is 0. The van der Waals surface area contributed by atoms with Gasteiger partial charge >= 0.3 is 0 Å². The van der Waals surface area contributed by atoms with Crippen LogP contribution in [0.3, 0.4) is 0 Å². The zero-order valence-corrected chi connectivity index (χ0v) is 14.1. The molecule has 0 saturated heterocycles. The Morgan fingerprint density at radius 2 is 2.04 bits per heavy atom. The van der Waals surface area contributed by atoms with Gasteiger partial charge in [0.25, 0.3) is 5.56 Å². The monoisotopic (exact) mass is 346 g/mol. The van der Waals surface area contributed by atoms with E-state index in [2.05, 4.69) is 0 Å². The SMILES string of the molecule is CS(=O)(=O)CCCOc1cccc(Cn2cc(C#N)ccc2=O)c1. The van der Waals surface area contributed by atoms with Crippen LogP contribution in [-0.2, 0) is 16.4 Å². The highest BCUT2D eigenvalue weighted by Gasteiger charge is 2.04. The molecule has 0 unspecified atom stereocenters. The van der Waals surface area contributed by atoms with E-state index in [-0.39, 0.29) is 11.3 Å². The van der Waals surface area contributed by atoms with Crippen molar-refractivity contribution in [1.29, 1.82) is 5.26 Å². The fourth-order valence-corrected chi connectivity index (χ4v) is 2.80. The van der Waals surface area contributed by atoms with Crippen LogP contribution in [0.5, 0.6) is 5.75 Å². The van der Waals surface area contributed by atoms with Crippen molar-refractivity contribution in [2.45, 2.75) is 13.0 Å². The molecule has 0 aliphatic rings. The van der Waals surface area contributed by atoms with Crippen molar-refractivity contribution in [3.63, 3.8) is 0 Å². The van der Waals surface area contributed by atoms with Crippen molar-refractivity contribution in [2.24, 2.45) is 0 Å². The smallest absolute Gasteiger partial charge is 0.250 e. The van der Waals surface area contributed by atoms with E-state index in [9.17, 15) is 13.2 Å². The van der Waals surface area contributed by atoms with Crippen molar-refractivity contribution in [1.82, 2.24) is 4.57 Å². The molecule has 0 aliphatic carbocycles. The minimum Gasteiger partial charge on any atom is -0.494 e. The van der Waals surface area contributed by atoms with Crippen LogP contribution in [0, 0.1) is 11.3 Å². The Balaban J connectivity index is 2.03. The summed E-state index contributed by atoms with van der Waals surface area (Å²) in [6, 6.07) is 12.1. The van der Waals surface area contributed by atoms with Crippen LogP contribution in [-0.4, -0.2) is 31.6 Å². The normalized spacial score (nSPS) is 11.0. The highest BCUT2D eigenvalue weighted by Crippen LogP contribution is 2.14. The quantitative estimate of drug-likeness (QED) is 0.710. The molecule has 2 aromatic rings. The summed E-state index contributed by atoms with van der Waals surface area (Å²) in [5.74, 6) is 0.703. The molecular weight excluding hydrogens is 328 g/mol. The van der Waals surface area contributed by atoms with E-state index in [0.29, 0.717) is 30.9 Å². The zero-order valence-electron chi connectivity index (χ0n) is 13.3. The Morgan fingerprint density at radius 3 is 2.75 bits per heavy atom. The standard InChI is InChI=1S/C17H18N2O4S/c1-24(21,22)9-3-8-23-16-5-2-4-14(10-16)12-19-13-15(11-18)6-7-17(19)20/h2,4-7,10,13H,3,8-9,12H2,1H3. The van der Waals surface area contributed by atoms with Crippen molar-refractivity contribution < 1.29 is 13.2 Å². The molecule has 0 radical (unpaired) electrons. The first-order valence-corrected chi connectivity index (χ1v) is 9.43. The molecule has 0 saturated carbocycles. The van der Waals surface area contributed by atoms with Gasteiger partial charge in [0, 0.05) is 18.5 Å². The number of nitriles is 1. The average molecular weight is 346 g/mol. The summed E-state index contributed by atoms with van der Waals surface area (Å²) in [6.45, 7) is 0.634. The lowest BCUT2D eigenvalue weighted by Crippen LogP contribution is -2.19. The summed E-state index contributed by atoms with van der Waals surface area (Å²) >= 11 is 0. The summed E-state index contributed by atoms with van der Waals surface area (Å²) in [6.07, 6.45) is 3.13. The third kappa shape index (κ3) is 5.56. The second-order valence-electron chi connectivity index (χ2n) is 5.48. The number of aromatic nitrogens is 1. The lowest BCUT2D eigenvalue weighted by atomic mass is 10.2. The van der Waals surface area contributed by atoms with Crippen LogP contribution in [0.4, 0.5) is 0 Å². The lowest BCUT2D eigenvalue weighted by molar-refractivity contribution is 0.317. The first-order valence-electron chi connectivity index (χ1n) is 7.37. The maximum atomic E-state index is 11.8. The fraction of sp³-hybridized carbons (Fsp3) is 0.294. The molecule has 2 rings (SSSR count).